The predicted octanol–water partition coefficient (Wildman–Crippen LogP) is 2.46. The topological polar surface area (TPSA) is 71.4 Å². The summed E-state index contributed by atoms with van der Waals surface area (Å²) in [4.78, 5) is 11.3. The molecule has 1 aromatic rings. The van der Waals surface area contributed by atoms with Crippen molar-refractivity contribution in [3.63, 3.8) is 0 Å². The van der Waals surface area contributed by atoms with Gasteiger partial charge in [0, 0.05) is 0 Å². The second kappa shape index (κ2) is 5.74. The molecule has 0 heterocycles. The molecule has 0 bridgehead atoms. The minimum absolute atomic E-state index is 0.0962. The predicted molar refractivity (Wildman–Crippen MR) is 75.0 cm³/mol. The van der Waals surface area contributed by atoms with Crippen LogP contribution in [0.4, 0.5) is 0 Å². The molecule has 0 radical (unpaired) electrons. The van der Waals surface area contributed by atoms with Gasteiger partial charge in [-0.3, -0.25) is 4.79 Å². The molecule has 0 saturated carbocycles. The van der Waals surface area contributed by atoms with Crippen molar-refractivity contribution in [1.82, 2.24) is 0 Å². The quantitative estimate of drug-likeness (QED) is 0.901. The lowest BCUT2D eigenvalue weighted by Crippen LogP contribution is -2.31. The maximum Gasteiger partial charge on any atom is 0.311 e. The molecule has 1 rings (SSSR count). The average molecular weight is 284 g/mol. The smallest absolute Gasteiger partial charge is 0.311 e. The van der Waals surface area contributed by atoms with Gasteiger partial charge in [-0.2, -0.15) is 0 Å². The normalized spacial score (nSPS) is 14.1. The largest absolute Gasteiger partial charge is 0.481 e. The van der Waals surface area contributed by atoms with E-state index in [-0.39, 0.29) is 12.2 Å². The molecule has 0 aliphatic rings. The van der Waals surface area contributed by atoms with E-state index in [1.807, 2.05) is 0 Å². The van der Waals surface area contributed by atoms with E-state index in [0.29, 0.717) is 5.56 Å². The summed E-state index contributed by atoms with van der Waals surface area (Å²) in [5.41, 5.74) is 0.638. The number of hydrogen-bond donors (Lipinski definition) is 1. The van der Waals surface area contributed by atoms with E-state index in [1.54, 1.807) is 51.1 Å². The van der Waals surface area contributed by atoms with Gasteiger partial charge in [-0.05, 0) is 32.8 Å². The highest BCUT2D eigenvalue weighted by molar-refractivity contribution is 7.92. The molecule has 5 heteroatoms. The van der Waals surface area contributed by atoms with Gasteiger partial charge in [0.05, 0.1) is 16.4 Å². The van der Waals surface area contributed by atoms with E-state index >= 15 is 0 Å². The van der Waals surface area contributed by atoms with Gasteiger partial charge in [0.2, 0.25) is 0 Å². The third kappa shape index (κ3) is 4.06. The first-order chi connectivity index (χ1) is 8.65. The van der Waals surface area contributed by atoms with Crippen molar-refractivity contribution in [1.29, 1.82) is 0 Å². The number of benzene rings is 1. The Morgan fingerprint density at radius 2 is 1.74 bits per heavy atom. The molecule has 0 aliphatic carbocycles. The maximum atomic E-state index is 12.0. The van der Waals surface area contributed by atoms with Crippen LogP contribution in [0.1, 0.15) is 38.7 Å². The third-order valence-corrected chi connectivity index (χ3v) is 5.75. The fourth-order valence-corrected chi connectivity index (χ4v) is 2.86. The summed E-state index contributed by atoms with van der Waals surface area (Å²) in [6.07, 6.45) is 0.0962. The van der Waals surface area contributed by atoms with Crippen LogP contribution in [-0.4, -0.2) is 30.0 Å². The molecule has 1 atom stereocenters. The maximum absolute atomic E-state index is 12.0. The van der Waals surface area contributed by atoms with E-state index in [9.17, 15) is 18.3 Å². The molecule has 106 valence electrons. The molecule has 1 N–H and O–H groups in total. The molecule has 0 spiro atoms. The van der Waals surface area contributed by atoms with E-state index in [4.69, 9.17) is 0 Å². The molecular formula is C14H20O4S. The monoisotopic (exact) mass is 284 g/mol. The Labute approximate surface area is 114 Å². The Morgan fingerprint density at radius 3 is 2.16 bits per heavy atom. The summed E-state index contributed by atoms with van der Waals surface area (Å²) in [6, 6.07) is 8.73. The lowest BCUT2D eigenvalue weighted by atomic mass is 9.97. The van der Waals surface area contributed by atoms with Gasteiger partial charge >= 0.3 is 5.97 Å². The molecule has 0 aliphatic heterocycles. The van der Waals surface area contributed by atoms with E-state index in [1.165, 1.54) is 0 Å². The zero-order chi connectivity index (χ0) is 14.7. The molecule has 1 aromatic carbocycles. The lowest BCUT2D eigenvalue weighted by Gasteiger charge is -2.20. The Morgan fingerprint density at radius 1 is 1.21 bits per heavy atom. The summed E-state index contributed by atoms with van der Waals surface area (Å²) >= 11 is 0. The van der Waals surface area contributed by atoms with Crippen LogP contribution in [0.3, 0.4) is 0 Å². The van der Waals surface area contributed by atoms with Crippen molar-refractivity contribution >= 4 is 15.8 Å². The van der Waals surface area contributed by atoms with E-state index in [0.717, 1.165) is 0 Å². The summed E-state index contributed by atoms with van der Waals surface area (Å²) in [6.45, 7) is 4.88. The minimum Gasteiger partial charge on any atom is -0.481 e. The Balaban J connectivity index is 2.87. The zero-order valence-corrected chi connectivity index (χ0v) is 12.3. The van der Waals surface area contributed by atoms with Crippen LogP contribution < -0.4 is 0 Å². The standard InChI is InChI=1S/C14H20O4S/c1-14(2,3)19(17,18)10-9-12(13(15)16)11-7-5-4-6-8-11/h4-8,12H,9-10H2,1-3H3,(H,15,16). The van der Waals surface area contributed by atoms with Gasteiger partial charge in [-0.1, -0.05) is 30.3 Å². The zero-order valence-electron chi connectivity index (χ0n) is 11.5. The molecular weight excluding hydrogens is 264 g/mol. The number of hydrogen-bond acceptors (Lipinski definition) is 3. The number of rotatable bonds is 5. The van der Waals surface area contributed by atoms with Gasteiger partial charge in [-0.15, -0.1) is 0 Å². The van der Waals surface area contributed by atoms with Crippen molar-refractivity contribution in [2.45, 2.75) is 37.9 Å². The summed E-state index contributed by atoms with van der Waals surface area (Å²) in [5.74, 6) is -1.89. The van der Waals surface area contributed by atoms with E-state index < -0.39 is 26.5 Å². The Hall–Kier alpha value is -1.36. The van der Waals surface area contributed by atoms with Crippen molar-refractivity contribution in [3.8, 4) is 0 Å². The van der Waals surface area contributed by atoms with Crippen molar-refractivity contribution in [3.05, 3.63) is 35.9 Å². The van der Waals surface area contributed by atoms with Gasteiger partial charge in [0.15, 0.2) is 9.84 Å². The highest BCUT2D eigenvalue weighted by Crippen LogP contribution is 2.24. The van der Waals surface area contributed by atoms with Gasteiger partial charge in [-0.25, -0.2) is 8.42 Å². The summed E-state index contributed by atoms with van der Waals surface area (Å²) in [5, 5.41) is 9.23. The van der Waals surface area contributed by atoms with Gasteiger partial charge in [0.1, 0.15) is 0 Å². The highest BCUT2D eigenvalue weighted by atomic mass is 32.2. The fourth-order valence-electron chi connectivity index (χ4n) is 1.70. The summed E-state index contributed by atoms with van der Waals surface area (Å²) in [7, 11) is -3.30. The lowest BCUT2D eigenvalue weighted by molar-refractivity contribution is -0.138. The van der Waals surface area contributed by atoms with Crippen molar-refractivity contribution in [2.24, 2.45) is 0 Å². The van der Waals surface area contributed by atoms with Crippen LogP contribution in [-0.2, 0) is 14.6 Å². The number of aliphatic carboxylic acids is 1. The molecule has 1 unspecified atom stereocenters. The number of carbonyl (C=O) groups is 1. The van der Waals surface area contributed by atoms with Gasteiger partial charge in [0.25, 0.3) is 0 Å². The van der Waals surface area contributed by atoms with Crippen LogP contribution in [0.2, 0.25) is 0 Å². The van der Waals surface area contributed by atoms with Crippen LogP contribution in [0.15, 0.2) is 30.3 Å². The Bertz CT molecular complexity index is 526. The Kier molecular flexibility index (Phi) is 4.74. The molecule has 19 heavy (non-hydrogen) atoms. The molecule has 0 amide bonds. The molecule has 4 nitrogen and oxygen atoms in total. The average Bonchev–Trinajstić information content (AvgIpc) is 2.28. The number of carboxylic acids is 1. The van der Waals surface area contributed by atoms with Crippen LogP contribution in [0.5, 0.6) is 0 Å². The van der Waals surface area contributed by atoms with Crippen molar-refractivity contribution < 1.29 is 18.3 Å². The molecule has 0 aromatic heterocycles. The first kappa shape index (κ1) is 15.7. The van der Waals surface area contributed by atoms with Crippen LogP contribution in [0.25, 0.3) is 0 Å². The number of carboxylic acid groups (broad SMARTS) is 1. The second-order valence-electron chi connectivity index (χ2n) is 5.52. The first-order valence-corrected chi connectivity index (χ1v) is 7.80. The minimum atomic E-state index is -3.30. The molecule has 0 saturated heterocycles. The first-order valence-electron chi connectivity index (χ1n) is 6.15. The summed E-state index contributed by atoms with van der Waals surface area (Å²) < 4.78 is 23.2. The third-order valence-electron chi connectivity index (χ3n) is 3.11. The van der Waals surface area contributed by atoms with Gasteiger partial charge < -0.3 is 5.11 Å². The number of sulfone groups is 1. The molecule has 0 fully saturated rings. The van der Waals surface area contributed by atoms with Crippen molar-refractivity contribution in [2.75, 3.05) is 5.75 Å². The fraction of sp³-hybridized carbons (Fsp3) is 0.500. The van der Waals surface area contributed by atoms with Crippen LogP contribution >= 0.6 is 0 Å². The second-order valence-corrected chi connectivity index (χ2v) is 8.38. The van der Waals surface area contributed by atoms with Crippen LogP contribution in [0, 0.1) is 0 Å². The highest BCUT2D eigenvalue weighted by Gasteiger charge is 2.31. The SMILES string of the molecule is CC(C)(C)S(=O)(=O)CCC(C(=O)O)c1ccccc1. The van der Waals surface area contributed by atoms with E-state index in [2.05, 4.69) is 0 Å².